The Morgan fingerprint density at radius 3 is 2.70 bits per heavy atom. The van der Waals surface area contributed by atoms with E-state index < -0.39 is 24.1 Å². The van der Waals surface area contributed by atoms with Crippen LogP contribution in [0.5, 0.6) is 5.75 Å². The predicted molar refractivity (Wildman–Crippen MR) is 103 cm³/mol. The number of nitrogens with two attached hydrogens (primary N) is 1. The number of benzene rings is 1. The van der Waals surface area contributed by atoms with E-state index in [2.05, 4.69) is 20.6 Å². The maximum Gasteiger partial charge on any atom is 0.342 e. The zero-order valence-corrected chi connectivity index (χ0v) is 15.6. The molecule has 1 atom stereocenters. The molecule has 0 aliphatic rings. The number of unbranched alkanes of at least 4 members (excludes halogenated alkanes) is 2. The van der Waals surface area contributed by atoms with Gasteiger partial charge in [0.25, 0.3) is 0 Å². The summed E-state index contributed by atoms with van der Waals surface area (Å²) >= 11 is 0. The summed E-state index contributed by atoms with van der Waals surface area (Å²) in [4.78, 5) is 30.0. The fraction of sp³-hybridized carbons (Fsp3) is 0.444. The Kier molecular flexibility index (Phi) is 10.1. The van der Waals surface area contributed by atoms with Crippen LogP contribution in [0.2, 0.25) is 0 Å². The number of para-hydroxylation sites is 1. The van der Waals surface area contributed by atoms with Crippen molar-refractivity contribution in [2.75, 3.05) is 13.7 Å². The van der Waals surface area contributed by atoms with E-state index in [0.717, 1.165) is 24.8 Å². The van der Waals surface area contributed by atoms with Crippen molar-refractivity contribution in [1.29, 1.82) is 0 Å². The Balaban J connectivity index is 2.47. The van der Waals surface area contributed by atoms with E-state index in [1.165, 1.54) is 7.11 Å². The Labute approximate surface area is 158 Å². The quantitative estimate of drug-likeness (QED) is 0.347. The number of nitrogens with zero attached hydrogens (tertiary/aromatic N) is 2. The first-order valence-electron chi connectivity index (χ1n) is 8.67. The second-order valence-electron chi connectivity index (χ2n) is 5.63. The van der Waals surface area contributed by atoms with E-state index >= 15 is 0 Å². The highest BCUT2D eigenvalue weighted by atomic mass is 19.1. The number of ether oxygens (including phenoxy) is 1. The average Bonchev–Trinajstić information content (AvgIpc) is 2.67. The lowest BCUT2D eigenvalue weighted by Crippen LogP contribution is -2.31. The number of rotatable bonds is 9. The maximum atomic E-state index is 13.9. The van der Waals surface area contributed by atoms with Gasteiger partial charge < -0.3 is 21.1 Å². The number of alkyl halides is 1. The first-order chi connectivity index (χ1) is 13.0. The van der Waals surface area contributed by atoms with Crippen LogP contribution in [0.25, 0.3) is 0 Å². The normalized spacial score (nSPS) is 12.6. The number of carbonyl (C=O) groups excluding carboxylic acids is 2. The molecule has 4 amide bonds. The first-order valence-corrected chi connectivity index (χ1v) is 8.67. The zero-order chi connectivity index (χ0) is 20.1. The van der Waals surface area contributed by atoms with Gasteiger partial charge in [0, 0.05) is 18.7 Å². The molecule has 27 heavy (non-hydrogen) atoms. The number of amidine groups is 1. The molecule has 0 bridgehead atoms. The summed E-state index contributed by atoms with van der Waals surface area (Å²) in [5, 5.41) is 5.01. The maximum absolute atomic E-state index is 13.9. The average molecular weight is 379 g/mol. The monoisotopic (exact) mass is 379 g/mol. The molecule has 0 spiro atoms. The first kappa shape index (κ1) is 22.1. The van der Waals surface area contributed by atoms with E-state index in [-0.39, 0.29) is 6.54 Å². The van der Waals surface area contributed by atoms with Crippen molar-refractivity contribution in [1.82, 2.24) is 10.6 Å². The molecule has 0 aliphatic carbocycles. The molecule has 0 aromatic heterocycles. The van der Waals surface area contributed by atoms with Crippen molar-refractivity contribution < 1.29 is 18.7 Å². The molecule has 8 nitrogen and oxygen atoms in total. The van der Waals surface area contributed by atoms with Crippen LogP contribution in [0, 0.1) is 0 Å². The predicted octanol–water partition coefficient (Wildman–Crippen LogP) is 2.57. The van der Waals surface area contributed by atoms with Gasteiger partial charge in [0.15, 0.2) is 6.17 Å². The summed E-state index contributed by atoms with van der Waals surface area (Å²) in [5.41, 5.74) is 6.17. The fourth-order valence-electron chi connectivity index (χ4n) is 2.06. The minimum atomic E-state index is -1.94. The summed E-state index contributed by atoms with van der Waals surface area (Å²) in [5.74, 6) is 0.0188. The highest BCUT2D eigenvalue weighted by Gasteiger charge is 2.12. The van der Waals surface area contributed by atoms with Gasteiger partial charge in [0.05, 0.1) is 13.3 Å². The molecule has 0 aliphatic heterocycles. The number of hydrogen-bond acceptors (Lipinski definition) is 3. The van der Waals surface area contributed by atoms with Crippen LogP contribution in [0.4, 0.5) is 14.0 Å². The summed E-state index contributed by atoms with van der Waals surface area (Å²) in [7, 11) is 1.52. The molecule has 0 saturated heterocycles. The van der Waals surface area contributed by atoms with Crippen LogP contribution in [0.1, 0.15) is 31.7 Å². The van der Waals surface area contributed by atoms with Crippen LogP contribution in [0.3, 0.4) is 0 Å². The molecular formula is C18H26FN5O3. The van der Waals surface area contributed by atoms with E-state index in [1.807, 2.05) is 6.92 Å². The van der Waals surface area contributed by atoms with E-state index in [0.29, 0.717) is 18.5 Å². The molecule has 4 N–H and O–H groups in total. The van der Waals surface area contributed by atoms with Crippen LogP contribution in [-0.4, -0.2) is 43.9 Å². The molecular weight excluding hydrogens is 353 g/mol. The summed E-state index contributed by atoms with van der Waals surface area (Å²) in [6.45, 7) is 2.66. The third kappa shape index (κ3) is 8.80. The topological polar surface area (TPSA) is 118 Å². The van der Waals surface area contributed by atoms with Gasteiger partial charge in [0.2, 0.25) is 0 Å². The second-order valence-corrected chi connectivity index (χ2v) is 5.63. The van der Waals surface area contributed by atoms with Gasteiger partial charge in [-0.1, -0.05) is 38.0 Å². The highest BCUT2D eigenvalue weighted by Crippen LogP contribution is 2.16. The van der Waals surface area contributed by atoms with Gasteiger partial charge >= 0.3 is 12.1 Å². The Hall–Kier alpha value is -2.97. The molecule has 9 heteroatoms. The van der Waals surface area contributed by atoms with Gasteiger partial charge in [-0.3, -0.25) is 0 Å². The molecule has 0 saturated carbocycles. The lowest BCUT2D eigenvalue weighted by molar-refractivity contribution is 0.248. The van der Waals surface area contributed by atoms with Gasteiger partial charge in [0.1, 0.15) is 11.6 Å². The minimum Gasteiger partial charge on any atom is -0.496 e. The van der Waals surface area contributed by atoms with Crippen molar-refractivity contribution in [3.8, 4) is 5.75 Å². The smallest absolute Gasteiger partial charge is 0.342 e. The molecule has 1 unspecified atom stereocenters. The number of amides is 4. The standard InChI is InChI=1S/C18H26FN5O3/c1-3-4-7-10-21-17(25)23-12-14(19)16(20)24-18(26)22-11-13-8-5-6-9-15(13)27-2/h5-6,8-9,12,14H,3-4,7,10-11H2,1-2H3,(H,21,25)(H3,20,22,24,26). The Morgan fingerprint density at radius 2 is 2.00 bits per heavy atom. The molecule has 0 fully saturated rings. The number of nitrogens with one attached hydrogen (secondary N) is 2. The van der Waals surface area contributed by atoms with Crippen LogP contribution < -0.4 is 21.1 Å². The zero-order valence-electron chi connectivity index (χ0n) is 15.6. The molecule has 0 radical (unpaired) electrons. The third-order valence-corrected chi connectivity index (χ3v) is 3.52. The van der Waals surface area contributed by atoms with Crippen molar-refractivity contribution in [2.24, 2.45) is 15.7 Å². The SMILES string of the molecule is CCCCCNC(=O)N=CC(F)C(N)=NC(=O)NCc1ccccc1OC. The van der Waals surface area contributed by atoms with Gasteiger partial charge in [-0.2, -0.15) is 4.99 Å². The number of halogens is 1. The van der Waals surface area contributed by atoms with Crippen LogP contribution in [0.15, 0.2) is 34.3 Å². The van der Waals surface area contributed by atoms with Gasteiger partial charge in [-0.05, 0) is 12.5 Å². The van der Waals surface area contributed by atoms with Crippen molar-refractivity contribution in [3.63, 3.8) is 0 Å². The molecule has 1 aromatic rings. The fourth-order valence-corrected chi connectivity index (χ4v) is 2.06. The summed E-state index contributed by atoms with van der Waals surface area (Å²) in [6, 6.07) is 5.65. The van der Waals surface area contributed by atoms with E-state index in [1.54, 1.807) is 24.3 Å². The molecule has 148 valence electrons. The number of aliphatic imine (C=N–C) groups is 2. The van der Waals surface area contributed by atoms with E-state index in [4.69, 9.17) is 10.5 Å². The summed E-state index contributed by atoms with van der Waals surface area (Å²) < 4.78 is 19.0. The minimum absolute atomic E-state index is 0.144. The number of carbonyl (C=O) groups is 2. The van der Waals surface area contributed by atoms with Gasteiger partial charge in [-0.15, -0.1) is 0 Å². The number of methoxy groups -OCH3 is 1. The molecule has 1 aromatic carbocycles. The number of urea groups is 2. The summed E-state index contributed by atoms with van der Waals surface area (Å²) in [6.07, 6.45) is 1.61. The molecule has 0 heterocycles. The highest BCUT2D eigenvalue weighted by molar-refractivity contribution is 6.05. The Bertz CT molecular complexity index is 679. The molecule has 1 rings (SSSR count). The van der Waals surface area contributed by atoms with Crippen molar-refractivity contribution in [3.05, 3.63) is 29.8 Å². The third-order valence-electron chi connectivity index (χ3n) is 3.52. The van der Waals surface area contributed by atoms with Crippen LogP contribution in [-0.2, 0) is 6.54 Å². The lowest BCUT2D eigenvalue weighted by Gasteiger charge is -2.08. The number of hydrogen-bond donors (Lipinski definition) is 3. The van der Waals surface area contributed by atoms with E-state index in [9.17, 15) is 14.0 Å². The van der Waals surface area contributed by atoms with Crippen molar-refractivity contribution in [2.45, 2.75) is 38.9 Å². The largest absolute Gasteiger partial charge is 0.496 e. The Morgan fingerprint density at radius 1 is 1.26 bits per heavy atom. The van der Waals surface area contributed by atoms with Crippen molar-refractivity contribution >= 4 is 24.1 Å². The second kappa shape index (κ2) is 12.4. The van der Waals surface area contributed by atoms with Gasteiger partial charge in [-0.25, -0.2) is 19.0 Å². The van der Waals surface area contributed by atoms with Crippen LogP contribution >= 0.6 is 0 Å². The lowest BCUT2D eigenvalue weighted by atomic mass is 10.2.